The Morgan fingerprint density at radius 1 is 1.00 bits per heavy atom. The Hall–Kier alpha value is -0.0100. The maximum atomic E-state index is 13.3. The van der Waals surface area contributed by atoms with Crippen molar-refractivity contribution < 1.29 is 13.2 Å². The zero-order valence-corrected chi connectivity index (χ0v) is 17.7. The van der Waals surface area contributed by atoms with Crippen LogP contribution < -0.4 is 5.32 Å². The van der Waals surface area contributed by atoms with Gasteiger partial charge in [-0.1, -0.05) is 35.2 Å². The maximum Gasteiger partial charge on any atom is 0.416 e. The smallest absolute Gasteiger partial charge is 0.314 e. The van der Waals surface area contributed by atoms with E-state index in [0.29, 0.717) is 10.4 Å². The summed E-state index contributed by atoms with van der Waals surface area (Å²) in [7, 11) is 0. The van der Waals surface area contributed by atoms with Crippen LogP contribution >= 0.6 is 40.7 Å². The second-order valence-electron chi connectivity index (χ2n) is 6.90. The fourth-order valence-corrected chi connectivity index (χ4v) is 4.65. The average molecular weight is 478 g/mol. The lowest BCUT2D eigenvalue weighted by Gasteiger charge is -2.41. The van der Waals surface area contributed by atoms with Crippen LogP contribution in [0.25, 0.3) is 0 Å². The van der Waals surface area contributed by atoms with E-state index in [1.807, 2.05) is 6.07 Å². The Morgan fingerprint density at radius 3 is 2.19 bits per heavy atom. The highest BCUT2D eigenvalue weighted by atomic mass is 79.9. The van der Waals surface area contributed by atoms with Gasteiger partial charge in [0.1, 0.15) is 0 Å². The minimum Gasteiger partial charge on any atom is -0.314 e. The number of nitrogens with one attached hydrogen (secondary N) is 1. The Labute approximate surface area is 174 Å². The Kier molecular flexibility index (Phi) is 9.71. The molecular formula is C18H26BrCl2F3N2. The normalized spacial score (nSPS) is 20.8. The second kappa shape index (κ2) is 10.5. The molecule has 0 aromatic heterocycles. The minimum atomic E-state index is -4.31. The molecule has 3 rings (SSSR count). The standard InChI is InChI=1S/C18H24BrF3N2.2ClH/c19-16-11-14(10-15(12-16)18(20,21)22)17(13-4-2-1-3-5-13)24-8-6-23-7-9-24;;/h10-13,17,23H,1-9H2;2*1H/t17-;;/m1../s1. The predicted octanol–water partition coefficient (Wildman–Crippen LogP) is 5.84. The number of halogens is 6. The van der Waals surface area contributed by atoms with Crippen molar-refractivity contribution in [1.82, 2.24) is 10.2 Å². The zero-order valence-electron chi connectivity index (χ0n) is 14.5. The molecule has 0 spiro atoms. The van der Waals surface area contributed by atoms with Crippen molar-refractivity contribution in [3.05, 3.63) is 33.8 Å². The van der Waals surface area contributed by atoms with Crippen LogP contribution in [0.2, 0.25) is 0 Å². The van der Waals surface area contributed by atoms with Gasteiger partial charge in [-0.25, -0.2) is 0 Å². The SMILES string of the molecule is Cl.Cl.FC(F)(F)c1cc(Br)cc([C@@H](C2CCCCC2)N2CCNCC2)c1. The lowest BCUT2D eigenvalue weighted by atomic mass is 9.80. The summed E-state index contributed by atoms with van der Waals surface area (Å²) < 4.78 is 40.3. The van der Waals surface area contributed by atoms with Gasteiger partial charge in [0.15, 0.2) is 0 Å². The molecule has 1 saturated carbocycles. The molecule has 1 saturated heterocycles. The van der Waals surface area contributed by atoms with Gasteiger partial charge in [0.2, 0.25) is 0 Å². The highest BCUT2D eigenvalue weighted by molar-refractivity contribution is 9.10. The van der Waals surface area contributed by atoms with E-state index in [9.17, 15) is 13.2 Å². The second-order valence-corrected chi connectivity index (χ2v) is 7.82. The average Bonchev–Trinajstić information content (AvgIpc) is 2.56. The van der Waals surface area contributed by atoms with E-state index in [0.717, 1.165) is 44.6 Å². The van der Waals surface area contributed by atoms with Crippen LogP contribution in [0, 0.1) is 5.92 Å². The van der Waals surface area contributed by atoms with E-state index in [1.165, 1.54) is 31.4 Å². The number of benzene rings is 1. The molecular weight excluding hydrogens is 452 g/mol. The van der Waals surface area contributed by atoms with Gasteiger partial charge in [0, 0.05) is 36.7 Å². The van der Waals surface area contributed by atoms with Crippen molar-refractivity contribution in [3.8, 4) is 0 Å². The highest BCUT2D eigenvalue weighted by Gasteiger charge is 2.35. The van der Waals surface area contributed by atoms with Gasteiger partial charge in [0.05, 0.1) is 5.56 Å². The zero-order chi connectivity index (χ0) is 17.2. The molecule has 2 fully saturated rings. The van der Waals surface area contributed by atoms with Crippen molar-refractivity contribution in [1.29, 1.82) is 0 Å². The number of alkyl halides is 3. The topological polar surface area (TPSA) is 15.3 Å². The first-order valence-electron chi connectivity index (χ1n) is 8.77. The number of hydrogen-bond acceptors (Lipinski definition) is 2. The van der Waals surface area contributed by atoms with Crippen molar-refractivity contribution >= 4 is 40.7 Å². The number of piperazine rings is 1. The summed E-state index contributed by atoms with van der Waals surface area (Å²) in [5.74, 6) is 0.451. The Balaban J connectivity index is 0.00000169. The van der Waals surface area contributed by atoms with E-state index < -0.39 is 11.7 Å². The molecule has 2 aliphatic rings. The molecule has 1 N–H and O–H groups in total. The van der Waals surface area contributed by atoms with Crippen LogP contribution in [0.3, 0.4) is 0 Å². The van der Waals surface area contributed by atoms with Crippen molar-refractivity contribution in [2.45, 2.75) is 44.3 Å². The molecule has 2 nitrogen and oxygen atoms in total. The predicted molar refractivity (Wildman–Crippen MR) is 107 cm³/mol. The minimum absolute atomic E-state index is 0. The molecule has 1 aromatic rings. The van der Waals surface area contributed by atoms with Gasteiger partial charge in [-0.15, -0.1) is 24.8 Å². The molecule has 0 bridgehead atoms. The van der Waals surface area contributed by atoms with Crippen molar-refractivity contribution in [2.24, 2.45) is 5.92 Å². The van der Waals surface area contributed by atoms with Gasteiger partial charge < -0.3 is 5.32 Å². The van der Waals surface area contributed by atoms with E-state index in [2.05, 4.69) is 26.1 Å². The third-order valence-electron chi connectivity index (χ3n) is 5.23. The highest BCUT2D eigenvalue weighted by Crippen LogP contribution is 2.41. The third kappa shape index (κ3) is 5.99. The van der Waals surface area contributed by atoms with E-state index >= 15 is 0 Å². The van der Waals surface area contributed by atoms with Gasteiger partial charge in [0.25, 0.3) is 0 Å². The number of hydrogen-bond donors (Lipinski definition) is 1. The van der Waals surface area contributed by atoms with Crippen LogP contribution in [-0.2, 0) is 6.18 Å². The number of rotatable bonds is 3. The van der Waals surface area contributed by atoms with Crippen LogP contribution in [0.15, 0.2) is 22.7 Å². The molecule has 8 heteroatoms. The summed E-state index contributed by atoms with van der Waals surface area (Å²) in [5.41, 5.74) is 0.258. The van der Waals surface area contributed by atoms with Crippen LogP contribution in [0.5, 0.6) is 0 Å². The van der Waals surface area contributed by atoms with Crippen LogP contribution in [0.1, 0.15) is 49.3 Å². The molecule has 26 heavy (non-hydrogen) atoms. The largest absolute Gasteiger partial charge is 0.416 e. The van der Waals surface area contributed by atoms with Gasteiger partial charge >= 0.3 is 6.18 Å². The summed E-state index contributed by atoms with van der Waals surface area (Å²) >= 11 is 3.29. The molecule has 0 amide bonds. The molecule has 1 aliphatic carbocycles. The van der Waals surface area contributed by atoms with E-state index in [1.54, 1.807) is 0 Å². The molecule has 1 atom stereocenters. The van der Waals surface area contributed by atoms with Gasteiger partial charge in [-0.2, -0.15) is 13.2 Å². The van der Waals surface area contributed by atoms with Crippen LogP contribution in [-0.4, -0.2) is 31.1 Å². The molecule has 0 unspecified atom stereocenters. The lowest BCUT2D eigenvalue weighted by molar-refractivity contribution is -0.137. The van der Waals surface area contributed by atoms with Gasteiger partial charge in [-0.05, 0) is 42.5 Å². The third-order valence-corrected chi connectivity index (χ3v) is 5.69. The summed E-state index contributed by atoms with van der Waals surface area (Å²) in [6, 6.07) is 4.52. The first-order valence-corrected chi connectivity index (χ1v) is 9.57. The molecule has 0 radical (unpaired) electrons. The molecule has 1 aromatic carbocycles. The summed E-state index contributed by atoms with van der Waals surface area (Å²) in [6.07, 6.45) is 1.54. The van der Waals surface area contributed by atoms with E-state index in [4.69, 9.17) is 0 Å². The summed E-state index contributed by atoms with van der Waals surface area (Å²) in [6.45, 7) is 3.61. The molecule has 150 valence electrons. The van der Waals surface area contributed by atoms with Crippen molar-refractivity contribution in [2.75, 3.05) is 26.2 Å². The lowest BCUT2D eigenvalue weighted by Crippen LogP contribution is -2.47. The Morgan fingerprint density at radius 2 is 1.62 bits per heavy atom. The fraction of sp³-hybridized carbons (Fsp3) is 0.667. The fourth-order valence-electron chi connectivity index (χ4n) is 4.14. The Bertz CT molecular complexity index is 542. The monoisotopic (exact) mass is 476 g/mol. The maximum absolute atomic E-state index is 13.3. The van der Waals surface area contributed by atoms with Crippen molar-refractivity contribution in [3.63, 3.8) is 0 Å². The first-order chi connectivity index (χ1) is 11.4. The molecule has 1 aliphatic heterocycles. The first kappa shape index (κ1) is 24.0. The summed E-state index contributed by atoms with van der Waals surface area (Å²) in [4.78, 5) is 2.38. The van der Waals surface area contributed by atoms with Crippen LogP contribution in [0.4, 0.5) is 13.2 Å². The van der Waals surface area contributed by atoms with E-state index in [-0.39, 0.29) is 30.9 Å². The summed E-state index contributed by atoms with van der Waals surface area (Å²) in [5, 5.41) is 3.34. The quantitative estimate of drug-likeness (QED) is 0.588. The molecule has 1 heterocycles. The number of nitrogens with zero attached hydrogens (tertiary/aromatic N) is 1. The van der Waals surface area contributed by atoms with Gasteiger partial charge in [-0.3, -0.25) is 4.90 Å².